The van der Waals surface area contributed by atoms with Crippen molar-refractivity contribution in [3.63, 3.8) is 0 Å². The molecule has 0 N–H and O–H groups in total. The molecule has 3 amide bonds. The Morgan fingerprint density at radius 2 is 1.55 bits per heavy atom. The summed E-state index contributed by atoms with van der Waals surface area (Å²) in [5, 5.41) is 0. The molecule has 4 nitrogen and oxygen atoms in total. The summed E-state index contributed by atoms with van der Waals surface area (Å²) in [5.74, 6) is 0.0116. The fourth-order valence-electron chi connectivity index (χ4n) is 4.10. The molecule has 1 spiro atoms. The van der Waals surface area contributed by atoms with Crippen molar-refractivity contribution in [1.82, 2.24) is 4.90 Å². The van der Waals surface area contributed by atoms with Gasteiger partial charge in [-0.25, -0.2) is 9.69 Å². The third-order valence-electron chi connectivity index (χ3n) is 5.32. The molecule has 4 heteroatoms. The van der Waals surface area contributed by atoms with Crippen LogP contribution in [0.25, 0.3) is 0 Å². The van der Waals surface area contributed by atoms with Gasteiger partial charge in [0.25, 0.3) is 5.91 Å². The lowest BCUT2D eigenvalue weighted by Crippen LogP contribution is -2.50. The van der Waals surface area contributed by atoms with E-state index < -0.39 is 5.54 Å². The van der Waals surface area contributed by atoms with Gasteiger partial charge in [0, 0.05) is 6.04 Å². The molecule has 1 saturated heterocycles. The van der Waals surface area contributed by atoms with Crippen LogP contribution in [-0.2, 0) is 4.79 Å². The molecule has 2 aliphatic carbocycles. The molecule has 1 aromatic carbocycles. The van der Waals surface area contributed by atoms with Crippen LogP contribution in [0.4, 0.5) is 10.5 Å². The van der Waals surface area contributed by atoms with E-state index in [4.69, 9.17) is 0 Å². The number of urea groups is 1. The lowest BCUT2D eigenvalue weighted by Gasteiger charge is -2.34. The minimum atomic E-state index is -0.565. The summed E-state index contributed by atoms with van der Waals surface area (Å²) in [5.41, 5.74) is 0.147. The first kappa shape index (κ1) is 13.8. The maximum Gasteiger partial charge on any atom is 0.332 e. The molecule has 3 fully saturated rings. The summed E-state index contributed by atoms with van der Waals surface area (Å²) in [7, 11) is 0. The van der Waals surface area contributed by atoms with Gasteiger partial charge in [0.1, 0.15) is 5.54 Å². The smallest absolute Gasteiger partial charge is 0.306 e. The van der Waals surface area contributed by atoms with E-state index in [0.29, 0.717) is 5.69 Å². The summed E-state index contributed by atoms with van der Waals surface area (Å²) in [6.45, 7) is 0. The number of carbonyl (C=O) groups excluding carboxylic acids is 2. The normalized spacial score (nSPS) is 24.9. The first-order chi connectivity index (χ1) is 10.7. The minimum Gasteiger partial charge on any atom is -0.306 e. The van der Waals surface area contributed by atoms with Crippen molar-refractivity contribution in [3.05, 3.63) is 30.3 Å². The van der Waals surface area contributed by atoms with Crippen LogP contribution in [-0.4, -0.2) is 28.4 Å². The number of benzene rings is 1. The maximum absolute atomic E-state index is 13.3. The Morgan fingerprint density at radius 1 is 0.909 bits per heavy atom. The van der Waals surface area contributed by atoms with Crippen LogP contribution in [0.2, 0.25) is 0 Å². The van der Waals surface area contributed by atoms with Crippen LogP contribution in [0.3, 0.4) is 0 Å². The monoisotopic (exact) mass is 298 g/mol. The highest BCUT2D eigenvalue weighted by atomic mass is 16.2. The SMILES string of the molecule is O=C1N(c2ccccc2)C(=O)C2(CCCCCC2)N1C1CC1. The van der Waals surface area contributed by atoms with Gasteiger partial charge in [-0.15, -0.1) is 0 Å². The van der Waals surface area contributed by atoms with E-state index in [-0.39, 0.29) is 18.0 Å². The van der Waals surface area contributed by atoms with E-state index in [1.807, 2.05) is 35.2 Å². The third kappa shape index (κ3) is 1.97. The Morgan fingerprint density at radius 3 is 2.14 bits per heavy atom. The molecule has 0 bridgehead atoms. The van der Waals surface area contributed by atoms with Gasteiger partial charge in [-0.2, -0.15) is 0 Å². The Labute approximate surface area is 131 Å². The Balaban J connectivity index is 1.77. The largest absolute Gasteiger partial charge is 0.332 e. The second-order valence-corrected chi connectivity index (χ2v) is 6.81. The highest BCUT2D eigenvalue weighted by Gasteiger charge is 2.60. The molecule has 0 atom stereocenters. The van der Waals surface area contributed by atoms with Crippen LogP contribution in [0.1, 0.15) is 51.4 Å². The van der Waals surface area contributed by atoms with Crippen molar-refractivity contribution in [2.75, 3.05) is 4.90 Å². The highest BCUT2D eigenvalue weighted by Crippen LogP contribution is 2.46. The third-order valence-corrected chi connectivity index (χ3v) is 5.32. The molecule has 0 radical (unpaired) electrons. The Bertz CT molecular complexity index is 586. The highest BCUT2D eigenvalue weighted by molar-refractivity contribution is 6.23. The lowest BCUT2D eigenvalue weighted by molar-refractivity contribution is -0.125. The van der Waals surface area contributed by atoms with Crippen LogP contribution < -0.4 is 4.90 Å². The molecule has 2 saturated carbocycles. The number of anilines is 1. The number of hydrogen-bond acceptors (Lipinski definition) is 2. The van der Waals surface area contributed by atoms with Gasteiger partial charge in [-0.3, -0.25) is 4.79 Å². The second kappa shape index (κ2) is 5.11. The predicted molar refractivity (Wildman–Crippen MR) is 84.6 cm³/mol. The van der Waals surface area contributed by atoms with Crippen molar-refractivity contribution < 1.29 is 9.59 Å². The second-order valence-electron chi connectivity index (χ2n) is 6.81. The zero-order chi connectivity index (χ0) is 15.2. The topological polar surface area (TPSA) is 40.6 Å². The molecular formula is C18H22N2O2. The fourth-order valence-corrected chi connectivity index (χ4v) is 4.10. The van der Waals surface area contributed by atoms with E-state index >= 15 is 0 Å². The standard InChI is InChI=1S/C18H22N2O2/c21-16-18(12-6-1-2-7-13-18)20(15-10-11-15)17(22)19(16)14-8-4-3-5-9-14/h3-5,8-9,15H,1-2,6-7,10-13H2. The molecule has 1 aromatic rings. The number of nitrogens with zero attached hydrogens (tertiary/aromatic N) is 2. The number of para-hydroxylation sites is 1. The maximum atomic E-state index is 13.3. The average Bonchev–Trinajstić information content (AvgIpc) is 3.34. The summed E-state index contributed by atoms with van der Waals surface area (Å²) < 4.78 is 0. The van der Waals surface area contributed by atoms with Gasteiger partial charge in [0.2, 0.25) is 0 Å². The summed E-state index contributed by atoms with van der Waals surface area (Å²) in [6.07, 6.45) is 8.19. The predicted octanol–water partition coefficient (Wildman–Crippen LogP) is 3.71. The van der Waals surface area contributed by atoms with Crippen molar-refractivity contribution >= 4 is 17.6 Å². The van der Waals surface area contributed by atoms with E-state index in [0.717, 1.165) is 38.5 Å². The van der Waals surface area contributed by atoms with E-state index in [1.54, 1.807) is 0 Å². The molecule has 1 heterocycles. The molecule has 0 unspecified atom stereocenters. The lowest BCUT2D eigenvalue weighted by atomic mass is 9.88. The van der Waals surface area contributed by atoms with Gasteiger partial charge in [-0.1, -0.05) is 43.9 Å². The van der Waals surface area contributed by atoms with Crippen LogP contribution in [0, 0.1) is 0 Å². The summed E-state index contributed by atoms with van der Waals surface area (Å²) in [6, 6.07) is 9.58. The number of amides is 3. The number of rotatable bonds is 2. The molecule has 1 aliphatic heterocycles. The quantitative estimate of drug-likeness (QED) is 0.781. The van der Waals surface area contributed by atoms with Gasteiger partial charge >= 0.3 is 6.03 Å². The summed E-state index contributed by atoms with van der Waals surface area (Å²) >= 11 is 0. The number of hydrogen-bond donors (Lipinski definition) is 0. The van der Waals surface area contributed by atoms with E-state index in [9.17, 15) is 9.59 Å². The molecule has 116 valence electrons. The molecular weight excluding hydrogens is 276 g/mol. The van der Waals surface area contributed by atoms with Crippen LogP contribution in [0.15, 0.2) is 30.3 Å². The zero-order valence-corrected chi connectivity index (χ0v) is 12.8. The van der Waals surface area contributed by atoms with Crippen molar-refractivity contribution in [1.29, 1.82) is 0 Å². The number of carbonyl (C=O) groups is 2. The van der Waals surface area contributed by atoms with Crippen molar-refractivity contribution in [3.8, 4) is 0 Å². The van der Waals surface area contributed by atoms with Gasteiger partial charge in [-0.05, 0) is 37.8 Å². The van der Waals surface area contributed by atoms with Crippen molar-refractivity contribution in [2.45, 2.75) is 62.9 Å². The van der Waals surface area contributed by atoms with Gasteiger partial charge in [0.05, 0.1) is 5.69 Å². The number of imide groups is 1. The van der Waals surface area contributed by atoms with Crippen LogP contribution >= 0.6 is 0 Å². The van der Waals surface area contributed by atoms with E-state index in [1.165, 1.54) is 17.7 Å². The molecule has 4 rings (SSSR count). The van der Waals surface area contributed by atoms with Gasteiger partial charge < -0.3 is 4.90 Å². The van der Waals surface area contributed by atoms with E-state index in [2.05, 4.69) is 0 Å². The van der Waals surface area contributed by atoms with Crippen LogP contribution in [0.5, 0.6) is 0 Å². The Kier molecular flexibility index (Phi) is 3.21. The molecule has 0 aromatic heterocycles. The van der Waals surface area contributed by atoms with Crippen molar-refractivity contribution in [2.24, 2.45) is 0 Å². The summed E-state index contributed by atoms with van der Waals surface area (Å²) in [4.78, 5) is 29.7. The Hall–Kier alpha value is -1.84. The zero-order valence-electron chi connectivity index (χ0n) is 12.8. The molecule has 3 aliphatic rings. The fraction of sp³-hybridized carbons (Fsp3) is 0.556. The van der Waals surface area contributed by atoms with Gasteiger partial charge in [0.15, 0.2) is 0 Å². The average molecular weight is 298 g/mol. The minimum absolute atomic E-state index is 0.0116. The first-order valence-corrected chi connectivity index (χ1v) is 8.47. The molecule has 22 heavy (non-hydrogen) atoms. The first-order valence-electron chi connectivity index (χ1n) is 8.47.